The summed E-state index contributed by atoms with van der Waals surface area (Å²) in [5, 5.41) is 0. The average molecular weight is 714 g/mol. The van der Waals surface area contributed by atoms with Gasteiger partial charge in [-0.2, -0.15) is 0 Å². The van der Waals surface area contributed by atoms with Crippen LogP contribution in [0.4, 0.5) is 14.5 Å². The van der Waals surface area contributed by atoms with Crippen LogP contribution in [0, 0.1) is 0 Å². The van der Waals surface area contributed by atoms with Gasteiger partial charge in [-0.15, -0.1) is 0 Å². The third kappa shape index (κ3) is 8.54. The quantitative estimate of drug-likeness (QED) is 0.131. The van der Waals surface area contributed by atoms with E-state index in [1.807, 2.05) is 47.4 Å². The number of carbonyl (C=O) groups excluding carboxylic acids is 1. The zero-order valence-corrected chi connectivity index (χ0v) is 29.9. The van der Waals surface area contributed by atoms with Gasteiger partial charge in [-0.05, 0) is 24.3 Å². The molecule has 2 aromatic carbocycles. The molecule has 1 aliphatic rings. The summed E-state index contributed by atoms with van der Waals surface area (Å²) in [4.78, 5) is 17.7. The van der Waals surface area contributed by atoms with Crippen LogP contribution in [0.2, 0.25) is 13.3 Å². The van der Waals surface area contributed by atoms with Gasteiger partial charge in [0.15, 0.2) is 5.76 Å². The van der Waals surface area contributed by atoms with Crippen molar-refractivity contribution in [2.45, 2.75) is 102 Å². The number of para-hydroxylation sites is 1. The van der Waals surface area contributed by atoms with E-state index in [1.165, 1.54) is 6.26 Å². The fraction of sp³-hybridized carbons (Fsp3) is 0.541. The Balaban J connectivity index is 1.38. The van der Waals surface area contributed by atoms with Crippen molar-refractivity contribution in [2.24, 2.45) is 0 Å². The Labute approximate surface area is 268 Å². The molecule has 1 aromatic heterocycles. The van der Waals surface area contributed by atoms with E-state index >= 15 is 8.78 Å². The number of furan rings is 1. The zero-order valence-electron chi connectivity index (χ0n) is 27.1. The first-order valence-corrected chi connectivity index (χ1v) is 24.4. The standard InChI is InChI=1S/C25H25F2N2O2.3C4H9.Sn/c26-24(27)20-10-8-19(9-11-20)12-15-28-16-13-22(14-17-28)29(21-5-2-1-3-6-21)25(30)23-7-4-18-31-23;3*1-3-4-2;/h1-11,18,22H,12-17H2;3*1,3-4H2,2H3;. The van der Waals surface area contributed by atoms with E-state index in [9.17, 15) is 4.79 Å². The molecule has 3 aromatic rings. The summed E-state index contributed by atoms with van der Waals surface area (Å²) in [6.45, 7) is 9.05. The molecule has 7 heteroatoms. The first-order valence-electron chi connectivity index (χ1n) is 17.0. The van der Waals surface area contributed by atoms with Gasteiger partial charge in [0.1, 0.15) is 0 Å². The van der Waals surface area contributed by atoms with Crippen LogP contribution in [-0.4, -0.2) is 54.9 Å². The normalized spacial score (nSPS) is 15.0. The number of hydrogen-bond acceptors (Lipinski definition) is 3. The molecule has 240 valence electrons. The summed E-state index contributed by atoms with van der Waals surface area (Å²) in [5.74, 6) is 0.247. The molecule has 1 amide bonds. The molecule has 0 atom stereocenters. The van der Waals surface area contributed by atoms with Gasteiger partial charge in [-0.25, -0.2) is 0 Å². The van der Waals surface area contributed by atoms with Crippen LogP contribution in [0.5, 0.6) is 0 Å². The minimum absolute atomic E-state index is 0.0902. The van der Waals surface area contributed by atoms with E-state index in [0.29, 0.717) is 5.76 Å². The molecule has 0 unspecified atom stereocenters. The molecule has 0 bridgehead atoms. The van der Waals surface area contributed by atoms with Gasteiger partial charge < -0.3 is 4.42 Å². The van der Waals surface area contributed by atoms with Crippen molar-refractivity contribution in [3.05, 3.63) is 89.9 Å². The van der Waals surface area contributed by atoms with Gasteiger partial charge in [0, 0.05) is 5.69 Å². The fourth-order valence-electron chi connectivity index (χ4n) is 6.87. The molecule has 0 aliphatic carbocycles. The molecule has 0 saturated carbocycles. The predicted octanol–water partition coefficient (Wildman–Crippen LogP) is 10.1. The molecule has 1 fully saturated rings. The number of alkyl halides is 2. The van der Waals surface area contributed by atoms with Crippen molar-refractivity contribution in [3.8, 4) is 0 Å². The van der Waals surface area contributed by atoms with Crippen molar-refractivity contribution in [1.29, 1.82) is 0 Å². The number of carbonyl (C=O) groups is 1. The van der Waals surface area contributed by atoms with Crippen molar-refractivity contribution >= 4 is 30.0 Å². The molecule has 0 spiro atoms. The Morgan fingerprint density at radius 1 is 0.864 bits per heavy atom. The Bertz CT molecular complexity index is 1220. The van der Waals surface area contributed by atoms with Crippen LogP contribution in [0.1, 0.15) is 93.8 Å². The van der Waals surface area contributed by atoms with Crippen molar-refractivity contribution in [2.75, 3.05) is 24.5 Å². The summed E-state index contributed by atoms with van der Waals surface area (Å²) >= 11 is -3.79. The third-order valence-corrected chi connectivity index (χ3v) is 25.5. The number of halogens is 2. The van der Waals surface area contributed by atoms with Gasteiger partial charge >= 0.3 is 194 Å². The molecule has 1 saturated heterocycles. The number of anilines is 1. The molecular formula is C37H52F2N2O2Sn. The SMILES string of the molecule is CCC[CH2][Sn]([CH2]CCC)([CH2]CCC)[C](F)(F)c1ccc(CCN2CCC(N(C(=O)c3ccco3)c3ccccc3)CC2)cc1. The fourth-order valence-corrected chi connectivity index (χ4v) is 22.7. The van der Waals surface area contributed by atoms with E-state index in [2.05, 4.69) is 25.7 Å². The molecule has 4 nitrogen and oxygen atoms in total. The van der Waals surface area contributed by atoms with Gasteiger partial charge in [0.25, 0.3) is 5.91 Å². The molecular weight excluding hydrogens is 661 g/mol. The molecule has 44 heavy (non-hydrogen) atoms. The van der Waals surface area contributed by atoms with Gasteiger partial charge in [0.2, 0.25) is 0 Å². The number of likely N-dealkylation sites (tertiary alicyclic amines) is 1. The van der Waals surface area contributed by atoms with E-state index in [4.69, 9.17) is 4.42 Å². The Morgan fingerprint density at radius 3 is 1.98 bits per heavy atom. The van der Waals surface area contributed by atoms with Crippen LogP contribution in [0.25, 0.3) is 0 Å². The number of unbranched alkanes of at least 4 members (excludes halogenated alkanes) is 3. The second kappa shape index (κ2) is 16.9. The number of benzene rings is 2. The van der Waals surface area contributed by atoms with Crippen LogP contribution in [0.15, 0.2) is 77.4 Å². The number of amides is 1. The van der Waals surface area contributed by atoms with Crippen LogP contribution >= 0.6 is 0 Å². The van der Waals surface area contributed by atoms with Crippen molar-refractivity contribution in [1.82, 2.24) is 4.90 Å². The third-order valence-electron chi connectivity index (χ3n) is 9.63. The summed E-state index contributed by atoms with van der Waals surface area (Å²) in [7, 11) is 0. The number of hydrogen-bond donors (Lipinski definition) is 0. The second-order valence-corrected chi connectivity index (χ2v) is 26.1. The van der Waals surface area contributed by atoms with Crippen molar-refractivity contribution < 1.29 is 18.0 Å². The number of piperidine rings is 1. The van der Waals surface area contributed by atoms with Gasteiger partial charge in [-0.3, -0.25) is 4.79 Å². The second-order valence-electron chi connectivity index (χ2n) is 12.7. The predicted molar refractivity (Wildman–Crippen MR) is 180 cm³/mol. The summed E-state index contributed by atoms with van der Waals surface area (Å²) < 4.78 is 38.2. The molecule has 1 aliphatic heterocycles. The molecule has 0 radical (unpaired) electrons. The average Bonchev–Trinajstić information content (AvgIpc) is 3.60. The Kier molecular flexibility index (Phi) is 13.3. The van der Waals surface area contributed by atoms with E-state index in [-0.39, 0.29) is 17.5 Å². The molecule has 0 N–H and O–H groups in total. The van der Waals surface area contributed by atoms with Gasteiger partial charge in [0.05, 0.1) is 6.26 Å². The zero-order chi connectivity index (χ0) is 31.4. The first kappa shape index (κ1) is 34.7. The van der Waals surface area contributed by atoms with Crippen LogP contribution in [0.3, 0.4) is 0 Å². The van der Waals surface area contributed by atoms with Crippen LogP contribution < -0.4 is 4.90 Å². The minimum atomic E-state index is -3.79. The van der Waals surface area contributed by atoms with Crippen LogP contribution in [-0.2, 0) is 10.4 Å². The molecule has 4 rings (SSSR count). The number of rotatable bonds is 17. The Hall–Kier alpha value is -2.19. The summed E-state index contributed by atoms with van der Waals surface area (Å²) in [6.07, 6.45) is 9.91. The maximum absolute atomic E-state index is 16.5. The van der Waals surface area contributed by atoms with E-state index in [1.54, 1.807) is 24.3 Å². The first-order chi connectivity index (χ1) is 21.3. The van der Waals surface area contributed by atoms with Gasteiger partial charge in [-0.1, -0.05) is 18.2 Å². The summed E-state index contributed by atoms with van der Waals surface area (Å²) in [6, 6.07) is 20.8. The van der Waals surface area contributed by atoms with Crippen molar-refractivity contribution in [3.63, 3.8) is 0 Å². The topological polar surface area (TPSA) is 36.7 Å². The Morgan fingerprint density at radius 2 is 1.45 bits per heavy atom. The number of nitrogens with zero attached hydrogens (tertiary/aromatic N) is 2. The maximum atomic E-state index is 16.5. The van der Waals surface area contributed by atoms with E-state index < -0.39 is 22.3 Å². The summed E-state index contributed by atoms with van der Waals surface area (Å²) in [5.41, 5.74) is 2.27. The monoisotopic (exact) mass is 714 g/mol. The molecule has 2 heterocycles. The van der Waals surface area contributed by atoms with E-state index in [0.717, 1.165) is 102 Å².